The van der Waals surface area contributed by atoms with Crippen molar-refractivity contribution in [3.05, 3.63) is 24.2 Å². The quantitative estimate of drug-likeness (QED) is 0.126. The minimum Gasteiger partial charge on any atom is -0.438 e. The number of hydrogen-bond donors (Lipinski definition) is 2. The summed E-state index contributed by atoms with van der Waals surface area (Å²) in [5.41, 5.74) is 3.56. The average Bonchev–Trinajstić information content (AvgIpc) is 3.51. The normalized spacial score (nSPS) is 23.1. The zero-order chi connectivity index (χ0) is 35.4. The molecule has 0 aliphatic carbocycles. The van der Waals surface area contributed by atoms with Gasteiger partial charge >= 0.3 is 25.7 Å². The highest BCUT2D eigenvalue weighted by Gasteiger charge is 2.55. The Bertz CT molecular complexity index is 1470. The monoisotopic (exact) mass is 688 g/mol. The van der Waals surface area contributed by atoms with Gasteiger partial charge in [-0.2, -0.15) is 5.10 Å². The van der Waals surface area contributed by atoms with Gasteiger partial charge < -0.3 is 34.5 Å². The number of carbonyl (C=O) groups excluding carboxylic acids is 3. The molecule has 47 heavy (non-hydrogen) atoms. The molecule has 5 atom stereocenters. The fraction of sp³-hybridized carbons (Fsp3) is 0.690. The maximum atomic E-state index is 13.6. The number of esters is 3. The van der Waals surface area contributed by atoms with Gasteiger partial charge in [0.2, 0.25) is 13.6 Å². The molecule has 3 heterocycles. The standard InChI is InChI=1S/C29H45N4O13P/c1-17(2)24(35)40-15-44-47(38,45-16-42-26(37)28(6,7)8)43-12-19-21(39-14-41-25(36)27(3,4)5)22(34)29(9,46-19)20-11-10-18-23(30)31-13-32-33(18)20/h10-11,13,17,19,21-22,34H,12,14-16H2,1-9H3,(H2,30,31,32)/t19-,21-,22-,29+,47?/m1/s1. The zero-order valence-electron chi connectivity index (χ0n) is 28.1. The first-order chi connectivity index (χ1) is 21.7. The molecule has 1 fully saturated rings. The van der Waals surface area contributed by atoms with Crippen molar-refractivity contribution >= 4 is 37.1 Å². The van der Waals surface area contributed by atoms with Crippen LogP contribution in [0.2, 0.25) is 0 Å². The lowest BCUT2D eigenvalue weighted by molar-refractivity contribution is -0.177. The Labute approximate surface area is 272 Å². The van der Waals surface area contributed by atoms with E-state index in [1.165, 1.54) is 10.8 Å². The highest BCUT2D eigenvalue weighted by molar-refractivity contribution is 7.48. The number of aromatic nitrogens is 3. The van der Waals surface area contributed by atoms with Gasteiger partial charge in [0, 0.05) is 0 Å². The minimum atomic E-state index is -4.62. The summed E-state index contributed by atoms with van der Waals surface area (Å²) in [7, 11) is -4.62. The molecule has 17 nitrogen and oxygen atoms in total. The summed E-state index contributed by atoms with van der Waals surface area (Å²) in [6.45, 7) is 11.8. The van der Waals surface area contributed by atoms with Crippen LogP contribution in [-0.2, 0) is 61.8 Å². The number of aliphatic hydroxyl groups excluding tert-OH is 1. The van der Waals surface area contributed by atoms with E-state index in [1.54, 1.807) is 74.4 Å². The summed E-state index contributed by atoms with van der Waals surface area (Å²) in [6, 6.07) is 3.28. The lowest BCUT2D eigenvalue weighted by Gasteiger charge is -2.28. The molecule has 18 heteroatoms. The smallest absolute Gasteiger partial charge is 0.438 e. The summed E-state index contributed by atoms with van der Waals surface area (Å²) in [5.74, 6) is -2.18. The van der Waals surface area contributed by atoms with E-state index in [0.29, 0.717) is 11.2 Å². The predicted molar refractivity (Wildman–Crippen MR) is 163 cm³/mol. The van der Waals surface area contributed by atoms with Gasteiger partial charge in [-0.15, -0.1) is 0 Å². The molecule has 1 aliphatic rings. The molecule has 3 rings (SSSR count). The number of fused-ring (bicyclic) bond motifs is 1. The van der Waals surface area contributed by atoms with Crippen LogP contribution in [0, 0.1) is 16.7 Å². The second-order valence-corrected chi connectivity index (χ2v) is 15.0. The van der Waals surface area contributed by atoms with Crippen molar-refractivity contribution in [1.82, 2.24) is 14.6 Å². The van der Waals surface area contributed by atoms with E-state index in [2.05, 4.69) is 10.1 Å². The summed E-state index contributed by atoms with van der Waals surface area (Å²) in [4.78, 5) is 40.5. The zero-order valence-corrected chi connectivity index (χ0v) is 29.0. The van der Waals surface area contributed by atoms with E-state index in [-0.39, 0.29) is 5.82 Å². The fourth-order valence-electron chi connectivity index (χ4n) is 4.17. The van der Waals surface area contributed by atoms with Crippen molar-refractivity contribution in [3.63, 3.8) is 0 Å². The molecule has 0 aromatic carbocycles. The van der Waals surface area contributed by atoms with Crippen molar-refractivity contribution in [3.8, 4) is 0 Å². The predicted octanol–water partition coefficient (Wildman–Crippen LogP) is 3.08. The number of nitrogens with zero attached hydrogens (tertiary/aromatic N) is 3. The van der Waals surface area contributed by atoms with Crippen LogP contribution in [0.25, 0.3) is 5.52 Å². The van der Waals surface area contributed by atoms with Gasteiger partial charge in [0.15, 0.2) is 12.6 Å². The number of anilines is 1. The van der Waals surface area contributed by atoms with Gasteiger partial charge in [-0.1, -0.05) is 13.8 Å². The first-order valence-corrected chi connectivity index (χ1v) is 16.3. The summed E-state index contributed by atoms with van der Waals surface area (Å²) in [5, 5.41) is 15.8. The molecule has 1 saturated heterocycles. The second-order valence-electron chi connectivity index (χ2n) is 13.3. The average molecular weight is 689 g/mol. The maximum Gasteiger partial charge on any atom is 0.480 e. The van der Waals surface area contributed by atoms with E-state index in [0.717, 1.165) is 0 Å². The van der Waals surface area contributed by atoms with Crippen LogP contribution < -0.4 is 5.73 Å². The van der Waals surface area contributed by atoms with Crippen LogP contribution in [0.1, 0.15) is 68.0 Å². The maximum absolute atomic E-state index is 13.6. The number of nitrogen functional groups attached to an aromatic ring is 1. The number of carbonyl (C=O) groups is 3. The number of aliphatic hydroxyl groups is 1. The third-order valence-electron chi connectivity index (χ3n) is 6.99. The Kier molecular flexibility index (Phi) is 12.2. The topological polar surface area (TPSA) is 219 Å². The number of ether oxygens (including phenoxy) is 5. The van der Waals surface area contributed by atoms with Crippen molar-refractivity contribution in [1.29, 1.82) is 0 Å². The van der Waals surface area contributed by atoms with Crippen LogP contribution in [0.5, 0.6) is 0 Å². The third-order valence-corrected chi connectivity index (χ3v) is 8.29. The van der Waals surface area contributed by atoms with Crippen LogP contribution in [-0.4, -0.2) is 82.9 Å². The molecule has 0 radical (unpaired) electrons. The SMILES string of the molecule is CC(C)C(=O)OCOP(=O)(OCOC(=O)C(C)(C)C)OC[C@H]1O[C@@](C)(c2ccc3c(N)ncnn23)[C@H](O)[C@@H]1OCOC(=O)C(C)(C)C. The van der Waals surface area contributed by atoms with Crippen molar-refractivity contribution < 1.29 is 61.3 Å². The molecule has 0 amide bonds. The molecule has 3 N–H and O–H groups in total. The molecule has 2 aromatic heterocycles. The van der Waals surface area contributed by atoms with Crippen molar-refractivity contribution in [2.45, 2.75) is 86.2 Å². The lowest BCUT2D eigenvalue weighted by atomic mass is 9.93. The van der Waals surface area contributed by atoms with Gasteiger partial charge in [-0.05, 0) is 60.6 Å². The molecule has 1 aliphatic heterocycles. The van der Waals surface area contributed by atoms with E-state index in [9.17, 15) is 24.1 Å². The van der Waals surface area contributed by atoms with Gasteiger partial charge in [0.05, 0.1) is 29.0 Å². The summed E-state index contributed by atoms with van der Waals surface area (Å²) >= 11 is 0. The molecular formula is C29H45N4O13P. The van der Waals surface area contributed by atoms with E-state index >= 15 is 0 Å². The number of rotatable bonds is 14. The van der Waals surface area contributed by atoms with Gasteiger partial charge in [-0.25, -0.2) is 23.1 Å². The lowest BCUT2D eigenvalue weighted by Crippen LogP contribution is -2.42. The van der Waals surface area contributed by atoms with E-state index in [1.807, 2.05) is 0 Å². The van der Waals surface area contributed by atoms with Crippen LogP contribution in [0.3, 0.4) is 0 Å². The van der Waals surface area contributed by atoms with Gasteiger partial charge in [-0.3, -0.25) is 18.9 Å². The molecule has 0 saturated carbocycles. The number of nitrogens with two attached hydrogens (primary N) is 1. The van der Waals surface area contributed by atoms with Crippen molar-refractivity contribution in [2.75, 3.05) is 32.7 Å². The first-order valence-electron chi connectivity index (χ1n) is 14.8. The number of phosphoric acid groups is 1. The first kappa shape index (κ1) is 38.3. The summed E-state index contributed by atoms with van der Waals surface area (Å²) in [6.07, 6.45) is -2.62. The minimum absolute atomic E-state index is 0.185. The second kappa shape index (κ2) is 14.9. The summed E-state index contributed by atoms with van der Waals surface area (Å²) < 4.78 is 58.4. The molecule has 1 unspecified atom stereocenters. The fourth-order valence-corrected chi connectivity index (χ4v) is 5.09. The highest BCUT2D eigenvalue weighted by Crippen LogP contribution is 2.51. The number of phosphoric ester groups is 1. The molecule has 0 bridgehead atoms. The van der Waals surface area contributed by atoms with Gasteiger partial charge in [0.25, 0.3) is 0 Å². The largest absolute Gasteiger partial charge is 0.480 e. The van der Waals surface area contributed by atoms with E-state index < -0.39 is 93.4 Å². The van der Waals surface area contributed by atoms with Crippen molar-refractivity contribution in [2.24, 2.45) is 16.7 Å². The van der Waals surface area contributed by atoms with Gasteiger partial charge in [0.1, 0.15) is 35.8 Å². The Morgan fingerprint density at radius 2 is 1.57 bits per heavy atom. The molecule has 264 valence electrons. The Morgan fingerprint density at radius 3 is 2.15 bits per heavy atom. The Balaban J connectivity index is 1.86. The molecular weight excluding hydrogens is 643 g/mol. The van der Waals surface area contributed by atoms with Crippen LogP contribution in [0.4, 0.5) is 5.82 Å². The third kappa shape index (κ3) is 9.47. The van der Waals surface area contributed by atoms with Crippen LogP contribution >= 0.6 is 7.82 Å². The van der Waals surface area contributed by atoms with Crippen LogP contribution in [0.15, 0.2) is 18.5 Å². The molecule has 0 spiro atoms. The van der Waals surface area contributed by atoms with E-state index in [4.69, 9.17) is 43.0 Å². The highest BCUT2D eigenvalue weighted by atomic mass is 31.2. The Morgan fingerprint density at radius 1 is 1.00 bits per heavy atom. The Hall–Kier alpha value is -3.18. The molecule has 2 aromatic rings. The number of hydrogen-bond acceptors (Lipinski definition) is 16.